The van der Waals surface area contributed by atoms with Gasteiger partial charge in [0.15, 0.2) is 0 Å². The van der Waals surface area contributed by atoms with Crippen LogP contribution in [-0.2, 0) is 6.42 Å². The summed E-state index contributed by atoms with van der Waals surface area (Å²) in [7, 11) is 1.91. The molecule has 2 aromatic rings. The predicted molar refractivity (Wildman–Crippen MR) is 73.3 cm³/mol. The molecule has 0 aliphatic carbocycles. The number of halogens is 1. The Labute approximate surface area is 112 Å². The normalized spacial score (nSPS) is 17.1. The predicted octanol–water partition coefficient (Wildman–Crippen LogP) is 3.48. The van der Waals surface area contributed by atoms with Crippen molar-refractivity contribution in [1.29, 1.82) is 0 Å². The fourth-order valence-corrected chi connectivity index (χ4v) is 2.63. The van der Waals surface area contributed by atoms with Crippen molar-refractivity contribution in [2.75, 3.05) is 13.6 Å². The van der Waals surface area contributed by atoms with Crippen molar-refractivity contribution in [3.63, 3.8) is 0 Å². The lowest BCUT2D eigenvalue weighted by molar-refractivity contribution is 0.475. The van der Waals surface area contributed by atoms with Crippen LogP contribution in [0.2, 0.25) is 0 Å². The Bertz CT molecular complexity index is 597. The monoisotopic (exact) mass is 257 g/mol. The zero-order valence-electron chi connectivity index (χ0n) is 10.8. The van der Waals surface area contributed by atoms with Gasteiger partial charge in [0.2, 0.25) is 0 Å². The number of hydrogen-bond donors (Lipinski definition) is 1. The van der Waals surface area contributed by atoms with Gasteiger partial charge in [-0.05, 0) is 43.3 Å². The molecule has 2 aromatic carbocycles. The molecule has 2 nitrogen and oxygen atoms in total. The van der Waals surface area contributed by atoms with Gasteiger partial charge in [-0.1, -0.05) is 18.2 Å². The van der Waals surface area contributed by atoms with Crippen LogP contribution in [0.1, 0.15) is 17.0 Å². The van der Waals surface area contributed by atoms with Crippen LogP contribution in [0.4, 0.5) is 4.39 Å². The quantitative estimate of drug-likeness (QED) is 0.889. The highest BCUT2D eigenvalue weighted by molar-refractivity contribution is 5.47. The summed E-state index contributed by atoms with van der Waals surface area (Å²) in [5, 5.41) is 3.18. The minimum Gasteiger partial charge on any atom is -0.457 e. The van der Waals surface area contributed by atoms with E-state index in [9.17, 15) is 4.39 Å². The fourth-order valence-electron chi connectivity index (χ4n) is 2.63. The third-order valence-electron chi connectivity index (χ3n) is 3.52. The minimum atomic E-state index is -0.214. The Balaban J connectivity index is 2.10. The summed E-state index contributed by atoms with van der Waals surface area (Å²) < 4.78 is 19.4. The number of fused-ring (bicyclic) bond motifs is 2. The molecule has 0 aromatic heterocycles. The summed E-state index contributed by atoms with van der Waals surface area (Å²) in [6.45, 7) is 0.800. The third-order valence-corrected chi connectivity index (χ3v) is 3.52. The maximum Gasteiger partial charge on any atom is 0.131 e. The molecular formula is C16H16FNO. The van der Waals surface area contributed by atoms with Gasteiger partial charge in [0.25, 0.3) is 0 Å². The smallest absolute Gasteiger partial charge is 0.131 e. The number of rotatable bonds is 2. The Morgan fingerprint density at radius 1 is 1.21 bits per heavy atom. The summed E-state index contributed by atoms with van der Waals surface area (Å²) in [6, 6.07) is 12.8. The van der Waals surface area contributed by atoms with E-state index in [4.69, 9.17) is 4.74 Å². The van der Waals surface area contributed by atoms with Crippen molar-refractivity contribution in [1.82, 2.24) is 5.32 Å². The second kappa shape index (κ2) is 5.02. The Kier molecular flexibility index (Phi) is 3.22. The molecule has 0 radical (unpaired) electrons. The first kappa shape index (κ1) is 12.2. The molecule has 0 saturated carbocycles. The van der Waals surface area contributed by atoms with E-state index >= 15 is 0 Å². The number of ether oxygens (including phenoxy) is 1. The van der Waals surface area contributed by atoms with Crippen molar-refractivity contribution in [3.05, 3.63) is 59.4 Å². The van der Waals surface area contributed by atoms with E-state index in [0.717, 1.165) is 30.0 Å². The topological polar surface area (TPSA) is 21.3 Å². The second-order valence-electron chi connectivity index (χ2n) is 4.85. The van der Waals surface area contributed by atoms with Gasteiger partial charge in [0, 0.05) is 18.0 Å². The summed E-state index contributed by atoms with van der Waals surface area (Å²) >= 11 is 0. The van der Waals surface area contributed by atoms with E-state index in [0.29, 0.717) is 0 Å². The summed E-state index contributed by atoms with van der Waals surface area (Å²) in [5.74, 6) is 1.63. The lowest BCUT2D eigenvalue weighted by atomic mass is 9.92. The van der Waals surface area contributed by atoms with Gasteiger partial charge >= 0.3 is 0 Å². The highest BCUT2D eigenvalue weighted by Crippen LogP contribution is 2.39. The Hall–Kier alpha value is -1.87. The van der Waals surface area contributed by atoms with Gasteiger partial charge in [0.1, 0.15) is 17.3 Å². The maximum absolute atomic E-state index is 13.5. The van der Waals surface area contributed by atoms with E-state index in [1.165, 1.54) is 11.6 Å². The lowest BCUT2D eigenvalue weighted by Gasteiger charge is -2.16. The Morgan fingerprint density at radius 3 is 2.89 bits per heavy atom. The highest BCUT2D eigenvalue weighted by Gasteiger charge is 2.23. The first-order valence-corrected chi connectivity index (χ1v) is 6.47. The number of nitrogens with one attached hydrogen (secondary N) is 1. The Morgan fingerprint density at radius 2 is 2.05 bits per heavy atom. The average Bonchev–Trinajstić information content (AvgIpc) is 2.56. The fraction of sp³-hybridized carbons (Fsp3) is 0.250. The minimum absolute atomic E-state index is 0.214. The molecule has 3 rings (SSSR count). The van der Waals surface area contributed by atoms with E-state index in [1.807, 2.05) is 25.2 Å². The van der Waals surface area contributed by atoms with Crippen LogP contribution in [0.25, 0.3) is 0 Å². The first-order chi connectivity index (χ1) is 9.28. The molecule has 0 spiro atoms. The van der Waals surface area contributed by atoms with Gasteiger partial charge in [-0.3, -0.25) is 0 Å². The molecule has 1 heterocycles. The standard InChI is InChI=1S/C16H16FNO/c1-18-10-12-8-11-4-2-3-5-15(11)19-16-7-6-13(17)9-14(12)16/h2-7,9,12,18H,8,10H2,1H3. The van der Waals surface area contributed by atoms with Crippen LogP contribution in [-0.4, -0.2) is 13.6 Å². The number of hydrogen-bond acceptors (Lipinski definition) is 2. The summed E-state index contributed by atoms with van der Waals surface area (Å²) in [4.78, 5) is 0. The lowest BCUT2D eigenvalue weighted by Crippen LogP contribution is -2.18. The molecular weight excluding hydrogens is 241 g/mol. The van der Waals surface area contributed by atoms with Crippen LogP contribution < -0.4 is 10.1 Å². The molecule has 0 fully saturated rings. The van der Waals surface area contributed by atoms with Gasteiger partial charge < -0.3 is 10.1 Å². The van der Waals surface area contributed by atoms with Gasteiger partial charge in [0.05, 0.1) is 0 Å². The number of para-hydroxylation sites is 1. The molecule has 3 heteroatoms. The van der Waals surface area contributed by atoms with E-state index in [2.05, 4.69) is 11.4 Å². The molecule has 0 bridgehead atoms. The molecule has 1 aliphatic heterocycles. The number of likely N-dealkylation sites (N-methyl/N-ethyl adjacent to an activating group) is 1. The molecule has 19 heavy (non-hydrogen) atoms. The SMILES string of the molecule is CNCC1Cc2ccccc2Oc2ccc(F)cc21. The average molecular weight is 257 g/mol. The van der Waals surface area contributed by atoms with Crippen molar-refractivity contribution in [2.45, 2.75) is 12.3 Å². The summed E-state index contributed by atoms with van der Waals surface area (Å²) in [6.07, 6.45) is 0.855. The van der Waals surface area contributed by atoms with Crippen LogP contribution >= 0.6 is 0 Å². The van der Waals surface area contributed by atoms with Gasteiger partial charge in [-0.2, -0.15) is 0 Å². The molecule has 1 aliphatic rings. The second-order valence-corrected chi connectivity index (χ2v) is 4.85. The van der Waals surface area contributed by atoms with Gasteiger partial charge in [-0.25, -0.2) is 4.39 Å². The molecule has 1 N–H and O–H groups in total. The summed E-state index contributed by atoms with van der Waals surface area (Å²) in [5.41, 5.74) is 2.10. The van der Waals surface area contributed by atoms with Gasteiger partial charge in [-0.15, -0.1) is 0 Å². The van der Waals surface area contributed by atoms with Crippen molar-refractivity contribution >= 4 is 0 Å². The van der Waals surface area contributed by atoms with Crippen LogP contribution in [0, 0.1) is 5.82 Å². The zero-order chi connectivity index (χ0) is 13.2. The molecule has 1 atom stereocenters. The molecule has 1 unspecified atom stereocenters. The molecule has 98 valence electrons. The maximum atomic E-state index is 13.5. The van der Waals surface area contributed by atoms with Crippen molar-refractivity contribution in [2.24, 2.45) is 0 Å². The number of benzene rings is 2. The van der Waals surface area contributed by atoms with E-state index < -0.39 is 0 Å². The zero-order valence-corrected chi connectivity index (χ0v) is 10.8. The molecule has 0 saturated heterocycles. The first-order valence-electron chi connectivity index (χ1n) is 6.47. The van der Waals surface area contributed by atoms with E-state index in [1.54, 1.807) is 12.1 Å². The molecule has 0 amide bonds. The van der Waals surface area contributed by atoms with Crippen molar-refractivity contribution in [3.8, 4) is 11.5 Å². The van der Waals surface area contributed by atoms with Crippen LogP contribution in [0.5, 0.6) is 11.5 Å². The van der Waals surface area contributed by atoms with Crippen LogP contribution in [0.3, 0.4) is 0 Å². The third kappa shape index (κ3) is 2.34. The van der Waals surface area contributed by atoms with Crippen molar-refractivity contribution < 1.29 is 9.13 Å². The highest BCUT2D eigenvalue weighted by atomic mass is 19.1. The van der Waals surface area contributed by atoms with Crippen LogP contribution in [0.15, 0.2) is 42.5 Å². The van der Waals surface area contributed by atoms with E-state index in [-0.39, 0.29) is 11.7 Å². The largest absolute Gasteiger partial charge is 0.457 e.